The predicted octanol–water partition coefficient (Wildman–Crippen LogP) is 11.9. The summed E-state index contributed by atoms with van der Waals surface area (Å²) in [6, 6.07) is -1.19. The van der Waals surface area contributed by atoms with Crippen LogP contribution in [0.5, 0.6) is 0 Å². The molecule has 8 N–H and O–H groups in total. The monoisotopic (exact) mass is 980 g/mol. The summed E-state index contributed by atoms with van der Waals surface area (Å²) in [4.78, 5) is 13.2. The fourth-order valence-electron chi connectivity index (χ4n) is 9.16. The molecule has 0 radical (unpaired) electrons. The molecule has 1 fully saturated rings. The molecule has 0 aromatic heterocycles. The van der Waals surface area contributed by atoms with E-state index in [1.165, 1.54) is 173 Å². The molecule has 1 aliphatic heterocycles. The third-order valence-electron chi connectivity index (χ3n) is 13.9. The summed E-state index contributed by atoms with van der Waals surface area (Å²) in [5.74, 6) is -0.710. The van der Waals surface area contributed by atoms with Crippen molar-refractivity contribution in [3.63, 3.8) is 0 Å². The topological polar surface area (TPSA) is 189 Å². The van der Waals surface area contributed by atoms with Crippen LogP contribution in [-0.4, -0.2) is 110 Å². The summed E-state index contributed by atoms with van der Waals surface area (Å²) in [5.41, 5.74) is 0. The highest BCUT2D eigenvalue weighted by Crippen LogP contribution is 2.23. The Labute approximate surface area is 422 Å². The molecule has 0 bridgehead atoms. The molecule has 0 aliphatic carbocycles. The molecule has 9 unspecified atom stereocenters. The molecule has 1 rings (SSSR count). The summed E-state index contributed by atoms with van der Waals surface area (Å²) >= 11 is 0. The number of nitrogens with one attached hydrogen (secondary N) is 1. The van der Waals surface area contributed by atoms with Gasteiger partial charge in [0, 0.05) is 0 Å². The minimum absolute atomic E-state index is 0.246. The third kappa shape index (κ3) is 36.0. The maximum absolute atomic E-state index is 13.2. The lowest BCUT2D eigenvalue weighted by atomic mass is 9.98. The first kappa shape index (κ1) is 65.3. The smallest absolute Gasteiger partial charge is 0.249 e. The quantitative estimate of drug-likeness (QED) is 0.0215. The molecule has 1 aliphatic rings. The molecule has 406 valence electrons. The number of ether oxygens (including phenoxy) is 2. The molecule has 1 amide bonds. The average molecular weight is 981 g/mol. The van der Waals surface area contributed by atoms with Gasteiger partial charge >= 0.3 is 0 Å². The van der Waals surface area contributed by atoms with E-state index < -0.39 is 74.2 Å². The van der Waals surface area contributed by atoms with Gasteiger partial charge in [-0.2, -0.15) is 0 Å². The van der Waals surface area contributed by atoms with Crippen LogP contribution in [0.15, 0.2) is 36.5 Å². The van der Waals surface area contributed by atoms with E-state index in [1.54, 1.807) is 0 Å². The standard InChI is InChI=1S/C58H109NO10/c1-3-5-7-9-11-13-15-17-19-21-22-23-24-25-26-27-28-29-30-32-34-36-38-40-42-44-46-51(62)57(67)59-49(48-68-58-56(66)55(65)54(64)52(47-60)69-58)53(63)50(61)45-43-41-39-37-35-33-31-20-18-16-14-12-10-8-6-4-2/h20,25-26,31,37,39,49-56,58,60-66H,3-19,21-24,27-30,32-36,38,40-48H2,1-2H3,(H,59,67)/b26-25-,31-20+,39-37+. The van der Waals surface area contributed by atoms with Gasteiger partial charge in [0.1, 0.15) is 36.6 Å². The number of aliphatic hydroxyl groups is 7. The molecule has 0 aromatic rings. The Morgan fingerprint density at radius 1 is 0.493 bits per heavy atom. The summed E-state index contributed by atoms with van der Waals surface area (Å²) in [6.45, 7) is 3.44. The van der Waals surface area contributed by atoms with Gasteiger partial charge in [0.2, 0.25) is 5.91 Å². The highest BCUT2D eigenvalue weighted by molar-refractivity contribution is 5.80. The molecule has 1 saturated heterocycles. The zero-order chi connectivity index (χ0) is 50.4. The van der Waals surface area contributed by atoms with Gasteiger partial charge in [0.15, 0.2) is 6.29 Å². The van der Waals surface area contributed by atoms with Crippen LogP contribution in [0, 0.1) is 0 Å². The predicted molar refractivity (Wildman–Crippen MR) is 284 cm³/mol. The number of carbonyl (C=O) groups excluding carboxylic acids is 1. The summed E-state index contributed by atoms with van der Waals surface area (Å²) in [5, 5.41) is 76.0. The van der Waals surface area contributed by atoms with Crippen LogP contribution in [0.3, 0.4) is 0 Å². The van der Waals surface area contributed by atoms with Gasteiger partial charge in [0.25, 0.3) is 0 Å². The zero-order valence-corrected chi connectivity index (χ0v) is 44.3. The van der Waals surface area contributed by atoms with Crippen LogP contribution < -0.4 is 5.32 Å². The van der Waals surface area contributed by atoms with E-state index in [2.05, 4.69) is 55.6 Å². The van der Waals surface area contributed by atoms with Crippen molar-refractivity contribution in [1.82, 2.24) is 5.32 Å². The normalized spacial score (nSPS) is 20.6. The molecular weight excluding hydrogens is 871 g/mol. The van der Waals surface area contributed by atoms with Gasteiger partial charge in [-0.1, -0.05) is 217 Å². The van der Waals surface area contributed by atoms with Crippen molar-refractivity contribution >= 4 is 5.91 Å². The van der Waals surface area contributed by atoms with Crippen molar-refractivity contribution in [2.45, 2.75) is 313 Å². The average Bonchev–Trinajstić information content (AvgIpc) is 3.35. The molecule has 1 heterocycles. The van der Waals surface area contributed by atoms with Gasteiger partial charge in [0.05, 0.1) is 25.4 Å². The third-order valence-corrected chi connectivity index (χ3v) is 13.9. The Balaban J connectivity index is 2.31. The number of aliphatic hydroxyl groups excluding tert-OH is 7. The Morgan fingerprint density at radius 2 is 0.870 bits per heavy atom. The van der Waals surface area contributed by atoms with Crippen LogP contribution in [0.4, 0.5) is 0 Å². The Morgan fingerprint density at radius 3 is 1.29 bits per heavy atom. The largest absolute Gasteiger partial charge is 0.394 e. The second kappa shape index (κ2) is 47.3. The SMILES string of the molecule is CCCCCCCCC/C=C/CC/C=C/CCCC(O)C(O)C(COC1OC(CO)C(O)C(O)C1O)NC(=O)C(O)CCCCCCCCCCCC/C=C\CCCCCCCCCCCCCC. The van der Waals surface area contributed by atoms with Crippen molar-refractivity contribution in [2.75, 3.05) is 13.2 Å². The van der Waals surface area contributed by atoms with Gasteiger partial charge in [-0.25, -0.2) is 0 Å². The lowest BCUT2D eigenvalue weighted by Gasteiger charge is -2.40. The Hall–Kier alpha value is -1.67. The van der Waals surface area contributed by atoms with Crippen LogP contribution in [-0.2, 0) is 14.3 Å². The molecular formula is C58H109NO10. The fourth-order valence-corrected chi connectivity index (χ4v) is 9.16. The highest BCUT2D eigenvalue weighted by atomic mass is 16.7. The van der Waals surface area contributed by atoms with Gasteiger partial charge in [-0.15, -0.1) is 0 Å². The summed E-state index contributed by atoms with van der Waals surface area (Å²) in [6.07, 6.45) is 46.3. The number of amides is 1. The molecule has 9 atom stereocenters. The van der Waals surface area contributed by atoms with Crippen molar-refractivity contribution < 1.29 is 50.0 Å². The van der Waals surface area contributed by atoms with E-state index in [9.17, 15) is 40.5 Å². The van der Waals surface area contributed by atoms with Crippen molar-refractivity contribution in [1.29, 1.82) is 0 Å². The zero-order valence-electron chi connectivity index (χ0n) is 44.3. The first-order valence-corrected chi connectivity index (χ1v) is 28.9. The molecule has 0 spiro atoms. The number of allylic oxidation sites excluding steroid dienone is 6. The number of carbonyl (C=O) groups is 1. The highest BCUT2D eigenvalue weighted by Gasteiger charge is 2.44. The summed E-state index contributed by atoms with van der Waals surface area (Å²) in [7, 11) is 0. The van der Waals surface area contributed by atoms with Crippen molar-refractivity contribution in [3.05, 3.63) is 36.5 Å². The second-order valence-electron chi connectivity index (χ2n) is 20.3. The number of hydrogen-bond donors (Lipinski definition) is 8. The van der Waals surface area contributed by atoms with Gasteiger partial charge in [-0.3, -0.25) is 4.79 Å². The molecule has 69 heavy (non-hydrogen) atoms. The lowest BCUT2D eigenvalue weighted by molar-refractivity contribution is -0.303. The van der Waals surface area contributed by atoms with Crippen LogP contribution in [0.2, 0.25) is 0 Å². The fraction of sp³-hybridized carbons (Fsp3) is 0.879. The molecule has 0 saturated carbocycles. The maximum Gasteiger partial charge on any atom is 0.249 e. The lowest BCUT2D eigenvalue weighted by Crippen LogP contribution is -2.60. The minimum Gasteiger partial charge on any atom is -0.394 e. The maximum atomic E-state index is 13.2. The van der Waals surface area contributed by atoms with E-state index in [0.29, 0.717) is 19.3 Å². The number of hydrogen-bond acceptors (Lipinski definition) is 10. The van der Waals surface area contributed by atoms with E-state index in [-0.39, 0.29) is 12.8 Å². The molecule has 0 aromatic carbocycles. The van der Waals surface area contributed by atoms with Gasteiger partial charge < -0.3 is 50.5 Å². The van der Waals surface area contributed by atoms with Crippen molar-refractivity contribution in [2.24, 2.45) is 0 Å². The molecule has 11 heteroatoms. The first-order chi connectivity index (χ1) is 33.7. The van der Waals surface area contributed by atoms with Crippen LogP contribution in [0.1, 0.15) is 258 Å². The van der Waals surface area contributed by atoms with E-state index >= 15 is 0 Å². The van der Waals surface area contributed by atoms with E-state index in [0.717, 1.165) is 38.5 Å². The van der Waals surface area contributed by atoms with E-state index in [4.69, 9.17) is 9.47 Å². The first-order valence-electron chi connectivity index (χ1n) is 28.9. The van der Waals surface area contributed by atoms with Gasteiger partial charge in [-0.05, 0) is 77.0 Å². The van der Waals surface area contributed by atoms with Crippen LogP contribution >= 0.6 is 0 Å². The van der Waals surface area contributed by atoms with Crippen molar-refractivity contribution in [3.8, 4) is 0 Å². The Kier molecular flexibility index (Phi) is 44.8. The van der Waals surface area contributed by atoms with Crippen LogP contribution in [0.25, 0.3) is 0 Å². The second-order valence-corrected chi connectivity index (χ2v) is 20.3. The number of unbranched alkanes of at least 4 members (excludes halogenated alkanes) is 31. The minimum atomic E-state index is -1.67. The number of rotatable bonds is 49. The van der Waals surface area contributed by atoms with E-state index in [1.807, 2.05) is 0 Å². The summed E-state index contributed by atoms with van der Waals surface area (Å²) < 4.78 is 11.1. The Bertz CT molecular complexity index is 1210. The molecule has 11 nitrogen and oxygen atoms in total.